The summed E-state index contributed by atoms with van der Waals surface area (Å²) in [5.74, 6) is 2.09. The van der Waals surface area contributed by atoms with Crippen LogP contribution in [0, 0.1) is 12.3 Å². The third kappa shape index (κ3) is 2.92. The maximum absolute atomic E-state index is 10.9. The van der Waals surface area contributed by atoms with Crippen LogP contribution in [0.3, 0.4) is 0 Å². The molecule has 0 bridgehead atoms. The highest BCUT2D eigenvalue weighted by Crippen LogP contribution is 2.43. The molecule has 2 saturated heterocycles. The molecule has 4 atom stereocenters. The molecule has 2 fully saturated rings. The number of ether oxygens (including phenoxy) is 4. The van der Waals surface area contributed by atoms with Gasteiger partial charge in [0.1, 0.15) is 23.6 Å². The Balaban J connectivity index is 1.51. The lowest BCUT2D eigenvalue weighted by Gasteiger charge is -2.29. The van der Waals surface area contributed by atoms with Crippen LogP contribution in [-0.4, -0.2) is 46.6 Å². The van der Waals surface area contributed by atoms with Gasteiger partial charge in [0.25, 0.3) is 0 Å². The highest BCUT2D eigenvalue weighted by molar-refractivity contribution is 6.29. The Kier molecular flexibility index (Phi) is 4.10. The minimum atomic E-state index is -1.64. The monoisotopic (exact) mass is 375 g/mol. The largest absolute Gasteiger partial charge is 0.491 e. The first kappa shape index (κ1) is 17.5. The molecule has 2 aliphatic heterocycles. The first-order valence-electron chi connectivity index (χ1n) is 8.21. The van der Waals surface area contributed by atoms with E-state index in [-0.39, 0.29) is 6.61 Å². The highest BCUT2D eigenvalue weighted by Gasteiger charge is 2.62. The average molecular weight is 376 g/mol. The van der Waals surface area contributed by atoms with Crippen molar-refractivity contribution in [3.8, 4) is 18.1 Å². The van der Waals surface area contributed by atoms with Crippen molar-refractivity contribution in [1.82, 2.24) is 4.98 Å². The quantitative estimate of drug-likeness (QED) is 0.656. The molecule has 1 N–H and O–H groups in total. The first-order chi connectivity index (χ1) is 12.3. The lowest BCUT2D eigenvalue weighted by Crippen LogP contribution is -2.49. The van der Waals surface area contributed by atoms with E-state index < -0.39 is 29.9 Å². The van der Waals surface area contributed by atoms with Crippen molar-refractivity contribution in [1.29, 1.82) is 0 Å². The van der Waals surface area contributed by atoms with E-state index in [0.717, 1.165) is 5.39 Å². The van der Waals surface area contributed by atoms with Crippen molar-refractivity contribution < 1.29 is 24.1 Å². The van der Waals surface area contributed by atoms with Crippen LogP contribution in [0.1, 0.15) is 13.8 Å². The zero-order chi connectivity index (χ0) is 18.5. The van der Waals surface area contributed by atoms with Gasteiger partial charge in [-0.3, -0.25) is 0 Å². The van der Waals surface area contributed by atoms with E-state index in [9.17, 15) is 5.11 Å². The van der Waals surface area contributed by atoms with Crippen LogP contribution >= 0.6 is 11.6 Å². The Morgan fingerprint density at radius 2 is 2.08 bits per heavy atom. The van der Waals surface area contributed by atoms with Gasteiger partial charge in [0.15, 0.2) is 23.8 Å². The Morgan fingerprint density at radius 1 is 1.31 bits per heavy atom. The molecule has 7 heteroatoms. The predicted molar refractivity (Wildman–Crippen MR) is 94.7 cm³/mol. The van der Waals surface area contributed by atoms with Crippen molar-refractivity contribution in [2.24, 2.45) is 0 Å². The second kappa shape index (κ2) is 6.08. The number of rotatable bonds is 3. The molecule has 2 aliphatic rings. The molecule has 0 saturated carbocycles. The summed E-state index contributed by atoms with van der Waals surface area (Å²) in [6.45, 7) is 3.52. The molecule has 136 valence electrons. The summed E-state index contributed by atoms with van der Waals surface area (Å²) in [5.41, 5.74) is -0.934. The molecule has 0 aliphatic carbocycles. The molecule has 1 aromatic heterocycles. The molecule has 26 heavy (non-hydrogen) atoms. The number of fused-ring (bicyclic) bond motifs is 2. The van der Waals surface area contributed by atoms with Crippen molar-refractivity contribution in [3.63, 3.8) is 0 Å². The van der Waals surface area contributed by atoms with E-state index >= 15 is 0 Å². The summed E-state index contributed by atoms with van der Waals surface area (Å²) in [6.07, 6.45) is 3.27. The first-order valence-corrected chi connectivity index (χ1v) is 8.59. The number of terminal acetylenes is 1. The highest BCUT2D eigenvalue weighted by atomic mass is 35.5. The number of halogens is 1. The summed E-state index contributed by atoms with van der Waals surface area (Å²) in [6, 6.07) is 9.05. The van der Waals surface area contributed by atoms with E-state index in [1.165, 1.54) is 0 Å². The number of hydrogen-bond donors (Lipinski definition) is 1. The van der Waals surface area contributed by atoms with Gasteiger partial charge in [-0.25, -0.2) is 4.98 Å². The third-order valence-corrected chi connectivity index (χ3v) is 4.75. The number of benzene rings is 1. The Labute approximate surface area is 156 Å². The molecular weight excluding hydrogens is 358 g/mol. The molecule has 0 unspecified atom stereocenters. The van der Waals surface area contributed by atoms with E-state index in [4.69, 9.17) is 37.0 Å². The fourth-order valence-corrected chi connectivity index (χ4v) is 3.41. The lowest BCUT2D eigenvalue weighted by atomic mass is 9.94. The van der Waals surface area contributed by atoms with Crippen molar-refractivity contribution >= 4 is 22.5 Å². The minimum Gasteiger partial charge on any atom is -0.491 e. The van der Waals surface area contributed by atoms with Gasteiger partial charge < -0.3 is 24.1 Å². The van der Waals surface area contributed by atoms with E-state index in [1.54, 1.807) is 32.0 Å². The van der Waals surface area contributed by atoms with Crippen LogP contribution in [0.2, 0.25) is 5.15 Å². The van der Waals surface area contributed by atoms with Crippen LogP contribution in [-0.2, 0) is 14.2 Å². The maximum atomic E-state index is 10.9. The summed E-state index contributed by atoms with van der Waals surface area (Å²) in [5, 5.41) is 12.2. The number of aromatic nitrogens is 1. The summed E-state index contributed by atoms with van der Waals surface area (Å²) in [4.78, 5) is 4.26. The lowest BCUT2D eigenvalue weighted by molar-refractivity contribution is -0.224. The average Bonchev–Trinajstić information content (AvgIpc) is 3.04. The molecule has 0 radical (unpaired) electrons. The molecule has 4 rings (SSSR count). The fourth-order valence-electron chi connectivity index (χ4n) is 3.25. The smallest absolute Gasteiger partial charge is 0.191 e. The van der Waals surface area contributed by atoms with Crippen LogP contribution in [0.5, 0.6) is 5.75 Å². The van der Waals surface area contributed by atoms with Gasteiger partial charge in [0.05, 0.1) is 5.52 Å². The van der Waals surface area contributed by atoms with E-state index in [1.807, 2.05) is 12.1 Å². The number of aliphatic hydroxyl groups is 1. The molecule has 3 heterocycles. The van der Waals surface area contributed by atoms with Gasteiger partial charge in [-0.1, -0.05) is 17.5 Å². The van der Waals surface area contributed by atoms with Crippen molar-refractivity contribution in [2.45, 2.75) is 43.7 Å². The minimum absolute atomic E-state index is 0.0346. The van der Waals surface area contributed by atoms with E-state index in [2.05, 4.69) is 10.9 Å². The van der Waals surface area contributed by atoms with Gasteiger partial charge in [0, 0.05) is 11.5 Å². The zero-order valence-corrected chi connectivity index (χ0v) is 15.1. The van der Waals surface area contributed by atoms with Crippen LogP contribution in [0.4, 0.5) is 0 Å². The topological polar surface area (TPSA) is 70.0 Å². The van der Waals surface area contributed by atoms with Gasteiger partial charge in [-0.15, -0.1) is 6.42 Å². The molecule has 0 spiro atoms. The predicted octanol–water partition coefficient (Wildman–Crippen LogP) is 2.51. The summed E-state index contributed by atoms with van der Waals surface area (Å²) < 4.78 is 22.9. The van der Waals surface area contributed by atoms with Gasteiger partial charge in [-0.2, -0.15) is 0 Å². The molecule has 1 aromatic carbocycles. The number of hydrogen-bond acceptors (Lipinski definition) is 6. The standard InChI is InChI=1S/C19H18ClNO5/c1-4-19(22)14(24-17-16(19)25-18(2,3)26-17)10-23-12-7-5-11-6-8-15(20)21-13(11)9-12/h1,5-9,14,16-17,22H,10H2,2-3H3/t14-,16+,17-,19-/m1/s1. The van der Waals surface area contributed by atoms with Gasteiger partial charge in [-0.05, 0) is 38.1 Å². The van der Waals surface area contributed by atoms with Gasteiger partial charge >= 0.3 is 0 Å². The Hall–Kier alpha value is -1.88. The normalized spacial score (nSPS) is 32.3. The van der Waals surface area contributed by atoms with Crippen LogP contribution in [0.25, 0.3) is 10.9 Å². The Morgan fingerprint density at radius 3 is 2.85 bits per heavy atom. The summed E-state index contributed by atoms with van der Waals surface area (Å²) >= 11 is 5.93. The second-order valence-corrected chi connectivity index (χ2v) is 7.21. The summed E-state index contributed by atoms with van der Waals surface area (Å²) in [7, 11) is 0. The van der Waals surface area contributed by atoms with Crippen LogP contribution < -0.4 is 4.74 Å². The van der Waals surface area contributed by atoms with Crippen LogP contribution in [0.15, 0.2) is 30.3 Å². The third-order valence-electron chi connectivity index (χ3n) is 4.54. The Bertz CT molecular complexity index is 895. The number of nitrogens with zero attached hydrogens (tertiary/aromatic N) is 1. The van der Waals surface area contributed by atoms with Crippen molar-refractivity contribution in [3.05, 3.63) is 35.5 Å². The molecular formula is C19H18ClNO5. The second-order valence-electron chi connectivity index (χ2n) is 6.82. The van der Waals surface area contributed by atoms with Gasteiger partial charge in [0.2, 0.25) is 0 Å². The zero-order valence-electron chi connectivity index (χ0n) is 14.3. The molecule has 2 aromatic rings. The molecule has 6 nitrogen and oxygen atoms in total. The van der Waals surface area contributed by atoms with Crippen molar-refractivity contribution in [2.75, 3.05) is 6.61 Å². The maximum Gasteiger partial charge on any atom is 0.191 e. The molecule has 0 amide bonds. The SMILES string of the molecule is C#C[C@@]1(O)[C@@H](COc2ccc3ccc(Cl)nc3c2)O[C@@H]2OC(C)(C)O[C@@H]21. The fraction of sp³-hybridized carbons (Fsp3) is 0.421. The number of pyridine rings is 1. The van der Waals surface area contributed by atoms with E-state index in [0.29, 0.717) is 16.4 Å².